The van der Waals surface area contributed by atoms with Crippen LogP contribution in [0.5, 0.6) is 11.6 Å². The van der Waals surface area contributed by atoms with Gasteiger partial charge in [0, 0.05) is 34.9 Å². The third kappa shape index (κ3) is 4.22. The summed E-state index contributed by atoms with van der Waals surface area (Å²) in [7, 11) is 0. The Morgan fingerprint density at radius 2 is 1.63 bits per heavy atom. The van der Waals surface area contributed by atoms with Crippen LogP contribution in [0, 0.1) is 0 Å². The van der Waals surface area contributed by atoms with Crippen molar-refractivity contribution in [3.05, 3.63) is 90.3 Å². The van der Waals surface area contributed by atoms with Crippen LogP contribution in [0.1, 0.15) is 0 Å². The molecule has 0 saturated heterocycles. The zero-order valence-corrected chi connectivity index (χ0v) is 15.0. The lowest BCUT2D eigenvalue weighted by atomic mass is 10.1. The van der Waals surface area contributed by atoms with Crippen LogP contribution in [0.4, 0.5) is 11.5 Å². The molecule has 0 spiro atoms. The Morgan fingerprint density at radius 3 is 2.41 bits per heavy atom. The van der Waals surface area contributed by atoms with Gasteiger partial charge in [-0.15, -0.1) is 0 Å². The van der Waals surface area contributed by atoms with Gasteiger partial charge in [0.05, 0.1) is 0 Å². The van der Waals surface area contributed by atoms with Gasteiger partial charge in [0.1, 0.15) is 17.3 Å². The van der Waals surface area contributed by atoms with E-state index in [-0.39, 0.29) is 0 Å². The Kier molecular flexibility index (Phi) is 4.94. The second kappa shape index (κ2) is 7.85. The van der Waals surface area contributed by atoms with Gasteiger partial charge < -0.3 is 10.1 Å². The summed E-state index contributed by atoms with van der Waals surface area (Å²) in [5.74, 6) is 1.86. The minimum absolute atomic E-state index is 0.421. The van der Waals surface area contributed by atoms with E-state index in [2.05, 4.69) is 20.3 Å². The molecule has 132 valence electrons. The zero-order valence-electron chi connectivity index (χ0n) is 14.2. The predicted molar refractivity (Wildman–Crippen MR) is 107 cm³/mol. The number of ether oxygens (including phenoxy) is 1. The Bertz CT molecular complexity index is 1040. The molecule has 0 fully saturated rings. The molecule has 5 nitrogen and oxygen atoms in total. The number of hydrogen-bond acceptors (Lipinski definition) is 5. The van der Waals surface area contributed by atoms with Crippen LogP contribution in [-0.2, 0) is 0 Å². The molecule has 0 bridgehead atoms. The number of nitrogens with one attached hydrogen (secondary N) is 1. The molecule has 6 heteroatoms. The van der Waals surface area contributed by atoms with E-state index >= 15 is 0 Å². The topological polar surface area (TPSA) is 59.9 Å². The normalized spacial score (nSPS) is 10.4. The molecule has 2 aromatic carbocycles. The molecule has 4 aromatic rings. The third-order valence-corrected chi connectivity index (χ3v) is 4.00. The second-order valence-corrected chi connectivity index (χ2v) is 6.12. The molecule has 4 rings (SSSR count). The first-order valence-electron chi connectivity index (χ1n) is 8.31. The molecule has 2 aromatic heterocycles. The summed E-state index contributed by atoms with van der Waals surface area (Å²) in [5.41, 5.74) is 2.39. The minimum Gasteiger partial charge on any atom is -0.437 e. The van der Waals surface area contributed by atoms with Gasteiger partial charge in [-0.2, -0.15) is 0 Å². The fraction of sp³-hybridized carbons (Fsp3) is 0. The molecule has 0 aliphatic rings. The number of nitrogens with zero attached hydrogens (tertiary/aromatic N) is 3. The predicted octanol–water partition coefficient (Wildman–Crippen LogP) is 5.73. The van der Waals surface area contributed by atoms with E-state index in [0.29, 0.717) is 22.3 Å². The summed E-state index contributed by atoms with van der Waals surface area (Å²) >= 11 is 6.09. The lowest BCUT2D eigenvalue weighted by Gasteiger charge is -2.10. The Balaban J connectivity index is 1.55. The van der Waals surface area contributed by atoms with Crippen LogP contribution in [-0.4, -0.2) is 15.0 Å². The van der Waals surface area contributed by atoms with Crippen molar-refractivity contribution in [1.82, 2.24) is 15.0 Å². The quantitative estimate of drug-likeness (QED) is 0.483. The summed E-state index contributed by atoms with van der Waals surface area (Å²) in [6, 6.07) is 20.7. The average molecular weight is 375 g/mol. The van der Waals surface area contributed by atoms with Crippen molar-refractivity contribution in [3.8, 4) is 22.9 Å². The van der Waals surface area contributed by atoms with Crippen LogP contribution in [0.15, 0.2) is 85.3 Å². The highest BCUT2D eigenvalue weighted by atomic mass is 35.5. The summed E-state index contributed by atoms with van der Waals surface area (Å²) in [6.45, 7) is 0. The van der Waals surface area contributed by atoms with E-state index in [1.807, 2.05) is 66.7 Å². The Morgan fingerprint density at radius 1 is 0.778 bits per heavy atom. The number of benzene rings is 2. The van der Waals surface area contributed by atoms with Crippen molar-refractivity contribution in [2.24, 2.45) is 0 Å². The van der Waals surface area contributed by atoms with E-state index < -0.39 is 0 Å². The largest absolute Gasteiger partial charge is 0.437 e. The Labute approximate surface area is 161 Å². The summed E-state index contributed by atoms with van der Waals surface area (Å²) in [6.07, 6.45) is 4.97. The summed E-state index contributed by atoms with van der Waals surface area (Å²) in [5, 5.41) is 3.86. The SMILES string of the molecule is Clc1cccc(-c2nccnc2Oc2ccc(Nc3ccccn3)cc2)c1. The second-order valence-electron chi connectivity index (χ2n) is 5.69. The molecule has 0 aliphatic heterocycles. The Hall–Kier alpha value is -3.44. The third-order valence-electron chi connectivity index (χ3n) is 3.77. The number of anilines is 2. The zero-order chi connectivity index (χ0) is 18.5. The van der Waals surface area contributed by atoms with Crippen molar-refractivity contribution in [3.63, 3.8) is 0 Å². The van der Waals surface area contributed by atoms with Gasteiger partial charge in [-0.05, 0) is 48.5 Å². The highest BCUT2D eigenvalue weighted by Crippen LogP contribution is 2.31. The molecule has 0 radical (unpaired) electrons. The standard InChI is InChI=1S/C21H15ClN4O/c22-16-5-3-4-15(14-16)20-21(25-13-12-24-20)27-18-9-7-17(8-10-18)26-19-6-1-2-11-23-19/h1-14H,(H,23,26). The molecule has 0 unspecified atom stereocenters. The summed E-state index contributed by atoms with van der Waals surface area (Å²) in [4.78, 5) is 13.0. The van der Waals surface area contributed by atoms with Crippen molar-refractivity contribution < 1.29 is 4.74 Å². The molecule has 0 saturated carbocycles. The first-order chi connectivity index (χ1) is 13.3. The van der Waals surface area contributed by atoms with Gasteiger partial charge in [0.15, 0.2) is 0 Å². The van der Waals surface area contributed by atoms with Crippen LogP contribution >= 0.6 is 11.6 Å². The molecule has 0 amide bonds. The molecular weight excluding hydrogens is 360 g/mol. The van der Waals surface area contributed by atoms with E-state index in [0.717, 1.165) is 17.1 Å². The highest BCUT2D eigenvalue weighted by Gasteiger charge is 2.11. The van der Waals surface area contributed by atoms with Gasteiger partial charge in [-0.1, -0.05) is 29.8 Å². The fourth-order valence-corrected chi connectivity index (χ4v) is 2.73. The van der Waals surface area contributed by atoms with Gasteiger partial charge in [0.2, 0.25) is 5.88 Å². The molecule has 27 heavy (non-hydrogen) atoms. The van der Waals surface area contributed by atoms with Crippen molar-refractivity contribution >= 4 is 23.1 Å². The van der Waals surface area contributed by atoms with E-state index in [4.69, 9.17) is 16.3 Å². The molecule has 1 N–H and O–H groups in total. The van der Waals surface area contributed by atoms with Crippen LogP contribution in [0.3, 0.4) is 0 Å². The molecular formula is C21H15ClN4O. The van der Waals surface area contributed by atoms with Crippen LogP contribution in [0.2, 0.25) is 5.02 Å². The number of halogens is 1. The summed E-state index contributed by atoms with van der Waals surface area (Å²) < 4.78 is 5.95. The maximum atomic E-state index is 6.09. The van der Waals surface area contributed by atoms with Crippen molar-refractivity contribution in [1.29, 1.82) is 0 Å². The van der Waals surface area contributed by atoms with Crippen molar-refractivity contribution in [2.45, 2.75) is 0 Å². The number of rotatable bonds is 5. The lowest BCUT2D eigenvalue weighted by Crippen LogP contribution is -1.95. The average Bonchev–Trinajstić information content (AvgIpc) is 2.71. The molecule has 0 atom stereocenters. The maximum Gasteiger partial charge on any atom is 0.246 e. The van der Waals surface area contributed by atoms with Gasteiger partial charge in [0.25, 0.3) is 0 Å². The fourth-order valence-electron chi connectivity index (χ4n) is 2.54. The monoisotopic (exact) mass is 374 g/mol. The van der Waals surface area contributed by atoms with Crippen molar-refractivity contribution in [2.75, 3.05) is 5.32 Å². The maximum absolute atomic E-state index is 6.09. The van der Waals surface area contributed by atoms with Gasteiger partial charge in [-0.25, -0.2) is 15.0 Å². The first kappa shape index (κ1) is 17.0. The molecule has 0 aliphatic carbocycles. The first-order valence-corrected chi connectivity index (χ1v) is 8.69. The number of aromatic nitrogens is 3. The lowest BCUT2D eigenvalue weighted by molar-refractivity contribution is 0.462. The molecule has 2 heterocycles. The number of hydrogen-bond donors (Lipinski definition) is 1. The number of pyridine rings is 1. The smallest absolute Gasteiger partial charge is 0.246 e. The van der Waals surface area contributed by atoms with Crippen LogP contribution < -0.4 is 10.1 Å². The van der Waals surface area contributed by atoms with Gasteiger partial charge >= 0.3 is 0 Å². The highest BCUT2D eigenvalue weighted by molar-refractivity contribution is 6.30. The van der Waals surface area contributed by atoms with E-state index in [9.17, 15) is 0 Å². The van der Waals surface area contributed by atoms with Gasteiger partial charge in [-0.3, -0.25) is 0 Å². The van der Waals surface area contributed by atoms with E-state index in [1.165, 1.54) is 0 Å². The minimum atomic E-state index is 0.421. The van der Waals surface area contributed by atoms with E-state index in [1.54, 1.807) is 18.6 Å². The van der Waals surface area contributed by atoms with Crippen LogP contribution in [0.25, 0.3) is 11.3 Å².